The van der Waals surface area contributed by atoms with Gasteiger partial charge in [-0.15, -0.1) is 13.2 Å². The number of ether oxygens (including phenoxy) is 2. The first-order chi connectivity index (χ1) is 23.4. The molecule has 0 aliphatic carbocycles. The standard InChI is InChI=1S/C37H52N4O7S/c1-6-9-11-30-13-14-31(27-33(30)48-23-10-7-2)34(42)39-37(36(38)44)17-19-41(20-18-37)49(45,46)25-16-29-12-15-32(26-28(29)4)35(43)40(5)21-24-47-22-8-3/h7-8,12-15,26-27H,2-3,6,9-11,16-25H2,1,4-5H3,(H2,38,44)(H,39,42). The lowest BCUT2D eigenvalue weighted by molar-refractivity contribution is -0.125. The highest BCUT2D eigenvalue weighted by Gasteiger charge is 2.43. The molecule has 3 rings (SSSR count). The molecule has 1 heterocycles. The van der Waals surface area contributed by atoms with Crippen LogP contribution in [0.4, 0.5) is 0 Å². The molecular formula is C37H52N4O7S. The minimum absolute atomic E-state index is 0.0344. The Morgan fingerprint density at radius 1 is 1.02 bits per heavy atom. The molecule has 0 spiro atoms. The van der Waals surface area contributed by atoms with Crippen molar-refractivity contribution in [2.45, 2.75) is 64.3 Å². The van der Waals surface area contributed by atoms with Crippen LogP contribution < -0.4 is 15.8 Å². The van der Waals surface area contributed by atoms with Crippen LogP contribution in [0.3, 0.4) is 0 Å². The minimum Gasteiger partial charge on any atom is -0.493 e. The number of nitrogens with two attached hydrogens (primary N) is 1. The van der Waals surface area contributed by atoms with E-state index in [9.17, 15) is 22.8 Å². The number of piperidine rings is 1. The summed E-state index contributed by atoms with van der Waals surface area (Å²) in [6.45, 7) is 13.0. The van der Waals surface area contributed by atoms with Gasteiger partial charge in [-0.1, -0.05) is 37.6 Å². The topological polar surface area (TPSA) is 148 Å². The molecule has 1 saturated heterocycles. The molecule has 0 radical (unpaired) electrons. The van der Waals surface area contributed by atoms with E-state index < -0.39 is 27.4 Å². The Bertz CT molecular complexity index is 1580. The Kier molecular flexibility index (Phi) is 15.0. The zero-order valence-corrected chi connectivity index (χ0v) is 30.0. The van der Waals surface area contributed by atoms with Gasteiger partial charge in [0.25, 0.3) is 11.8 Å². The van der Waals surface area contributed by atoms with Crippen LogP contribution in [0.5, 0.6) is 5.75 Å². The average Bonchev–Trinajstić information content (AvgIpc) is 3.08. The Morgan fingerprint density at radius 3 is 2.35 bits per heavy atom. The lowest BCUT2D eigenvalue weighted by atomic mass is 9.87. The van der Waals surface area contributed by atoms with Gasteiger partial charge in [0, 0.05) is 37.8 Å². The van der Waals surface area contributed by atoms with Crippen LogP contribution in [0.15, 0.2) is 61.7 Å². The highest BCUT2D eigenvalue weighted by atomic mass is 32.2. The van der Waals surface area contributed by atoms with Gasteiger partial charge in [-0.05, 0) is 86.4 Å². The number of hydrogen-bond donors (Lipinski definition) is 2. The van der Waals surface area contributed by atoms with Crippen LogP contribution in [0.25, 0.3) is 0 Å². The number of primary amides is 1. The second-order valence-electron chi connectivity index (χ2n) is 12.4. The van der Waals surface area contributed by atoms with Gasteiger partial charge in [0.2, 0.25) is 15.9 Å². The highest BCUT2D eigenvalue weighted by Crippen LogP contribution is 2.27. The first-order valence-electron chi connectivity index (χ1n) is 16.9. The fourth-order valence-corrected chi connectivity index (χ4v) is 7.17. The Hall–Kier alpha value is -4.00. The molecule has 2 aromatic rings. The summed E-state index contributed by atoms with van der Waals surface area (Å²) < 4.78 is 39.4. The van der Waals surface area contributed by atoms with Crippen LogP contribution in [0.2, 0.25) is 0 Å². The fourth-order valence-electron chi connectivity index (χ4n) is 5.69. The number of unbranched alkanes of at least 4 members (excludes halogenated alkanes) is 1. The number of likely N-dealkylation sites (N-methyl/N-ethyl adjacent to an activating group) is 1. The van der Waals surface area contributed by atoms with E-state index >= 15 is 0 Å². The van der Waals surface area contributed by atoms with E-state index in [0.29, 0.717) is 49.7 Å². The minimum atomic E-state index is -3.69. The van der Waals surface area contributed by atoms with Crippen molar-refractivity contribution < 1.29 is 32.3 Å². The fraction of sp³-hybridized carbons (Fsp3) is 0.486. The summed E-state index contributed by atoms with van der Waals surface area (Å²) in [5.74, 6) is -0.859. The molecule has 0 saturated carbocycles. The van der Waals surface area contributed by atoms with Gasteiger partial charge >= 0.3 is 0 Å². The zero-order valence-electron chi connectivity index (χ0n) is 29.2. The molecule has 2 aromatic carbocycles. The van der Waals surface area contributed by atoms with Gasteiger partial charge in [0.1, 0.15) is 11.3 Å². The van der Waals surface area contributed by atoms with E-state index in [1.54, 1.807) is 54.4 Å². The van der Waals surface area contributed by atoms with Crippen molar-refractivity contribution in [3.63, 3.8) is 0 Å². The highest BCUT2D eigenvalue weighted by molar-refractivity contribution is 7.89. The van der Waals surface area contributed by atoms with Gasteiger partial charge in [0.05, 0.1) is 25.6 Å². The largest absolute Gasteiger partial charge is 0.493 e. The second-order valence-corrected chi connectivity index (χ2v) is 14.5. The number of carbonyl (C=O) groups is 3. The number of carbonyl (C=O) groups excluding carboxylic acids is 3. The molecular weight excluding hydrogens is 644 g/mol. The maximum Gasteiger partial charge on any atom is 0.253 e. The molecule has 12 heteroatoms. The van der Waals surface area contributed by atoms with Crippen LogP contribution in [0.1, 0.15) is 76.4 Å². The molecule has 1 aliphatic heterocycles. The quantitative estimate of drug-likeness (QED) is 0.156. The molecule has 1 fully saturated rings. The van der Waals surface area contributed by atoms with Gasteiger partial charge in [-0.2, -0.15) is 0 Å². The molecule has 11 nitrogen and oxygen atoms in total. The molecule has 0 unspecified atom stereocenters. The summed E-state index contributed by atoms with van der Waals surface area (Å²) in [4.78, 5) is 40.6. The van der Waals surface area contributed by atoms with E-state index in [-0.39, 0.29) is 44.0 Å². The van der Waals surface area contributed by atoms with E-state index in [4.69, 9.17) is 15.2 Å². The average molecular weight is 697 g/mol. The van der Waals surface area contributed by atoms with Crippen molar-refractivity contribution in [2.24, 2.45) is 5.73 Å². The lowest BCUT2D eigenvalue weighted by Crippen LogP contribution is -2.62. The monoisotopic (exact) mass is 696 g/mol. The number of benzene rings is 2. The summed E-state index contributed by atoms with van der Waals surface area (Å²) in [5.41, 5.74) is 7.91. The molecule has 0 atom stereocenters. The molecule has 3 N–H and O–H groups in total. The SMILES string of the molecule is C=CCCOc1cc(C(=O)NC2(C(N)=O)CCN(S(=O)(=O)CCc3ccc(C(=O)N(C)CCOCC=C)cc3C)CC2)ccc1CCCC. The van der Waals surface area contributed by atoms with Gasteiger partial charge < -0.3 is 25.4 Å². The first-order valence-corrected chi connectivity index (χ1v) is 18.5. The van der Waals surface area contributed by atoms with Crippen molar-refractivity contribution in [3.05, 3.63) is 89.5 Å². The molecule has 268 valence electrons. The Labute approximate surface area is 291 Å². The smallest absolute Gasteiger partial charge is 0.253 e. The third kappa shape index (κ3) is 11.0. The number of nitrogens with zero attached hydrogens (tertiary/aromatic N) is 2. The van der Waals surface area contributed by atoms with Gasteiger partial charge in [-0.3, -0.25) is 14.4 Å². The molecule has 1 aliphatic rings. The summed E-state index contributed by atoms with van der Waals surface area (Å²) in [5, 5.41) is 2.83. The molecule has 3 amide bonds. The van der Waals surface area contributed by atoms with E-state index in [1.807, 2.05) is 13.0 Å². The van der Waals surface area contributed by atoms with Gasteiger partial charge in [-0.25, -0.2) is 12.7 Å². The van der Waals surface area contributed by atoms with Crippen molar-refractivity contribution in [1.82, 2.24) is 14.5 Å². The van der Waals surface area contributed by atoms with Gasteiger partial charge in [0.15, 0.2) is 0 Å². The van der Waals surface area contributed by atoms with Crippen LogP contribution >= 0.6 is 0 Å². The van der Waals surface area contributed by atoms with Crippen molar-refractivity contribution in [1.29, 1.82) is 0 Å². The van der Waals surface area contributed by atoms with Crippen LogP contribution in [-0.2, 0) is 32.4 Å². The predicted octanol–water partition coefficient (Wildman–Crippen LogP) is 4.19. The van der Waals surface area contributed by atoms with Crippen molar-refractivity contribution >= 4 is 27.7 Å². The van der Waals surface area contributed by atoms with Crippen LogP contribution in [0, 0.1) is 6.92 Å². The molecule has 49 heavy (non-hydrogen) atoms. The maximum atomic E-state index is 13.4. The van der Waals surface area contributed by atoms with Crippen molar-refractivity contribution in [3.8, 4) is 5.75 Å². The second kappa shape index (κ2) is 18.7. The summed E-state index contributed by atoms with van der Waals surface area (Å²) in [6, 6.07) is 10.5. The van der Waals surface area contributed by atoms with Crippen LogP contribution in [-0.4, -0.2) is 93.1 Å². The number of hydrogen-bond acceptors (Lipinski definition) is 7. The Balaban J connectivity index is 1.62. The number of sulfonamides is 1. The number of aryl methyl sites for hydroxylation is 3. The first kappa shape index (κ1) is 39.4. The number of nitrogens with one attached hydrogen (secondary N) is 1. The summed E-state index contributed by atoms with van der Waals surface area (Å²) in [7, 11) is -1.99. The van der Waals surface area contributed by atoms with E-state index in [1.165, 1.54) is 4.31 Å². The maximum absolute atomic E-state index is 13.4. The Morgan fingerprint density at radius 2 is 1.71 bits per heavy atom. The summed E-state index contributed by atoms with van der Waals surface area (Å²) >= 11 is 0. The predicted molar refractivity (Wildman–Crippen MR) is 192 cm³/mol. The summed E-state index contributed by atoms with van der Waals surface area (Å²) in [6.07, 6.45) is 7.23. The number of amides is 3. The normalized spacial score (nSPS) is 14.5. The van der Waals surface area contributed by atoms with Crippen molar-refractivity contribution in [2.75, 3.05) is 52.3 Å². The molecule has 0 bridgehead atoms. The third-order valence-corrected chi connectivity index (χ3v) is 10.7. The van der Waals surface area contributed by atoms with E-state index in [2.05, 4.69) is 25.4 Å². The zero-order chi connectivity index (χ0) is 36.0. The molecule has 0 aromatic heterocycles. The lowest BCUT2D eigenvalue weighted by Gasteiger charge is -2.39. The number of rotatable bonds is 20. The third-order valence-electron chi connectivity index (χ3n) is 8.87. The van der Waals surface area contributed by atoms with E-state index in [0.717, 1.165) is 36.0 Å².